The van der Waals surface area contributed by atoms with E-state index >= 15 is 0 Å². The fraction of sp³-hybridized carbons (Fsp3) is 0.917. The van der Waals surface area contributed by atoms with Crippen molar-refractivity contribution in [3.63, 3.8) is 0 Å². The summed E-state index contributed by atoms with van der Waals surface area (Å²) < 4.78 is 0. The Kier molecular flexibility index (Phi) is 5.22. The summed E-state index contributed by atoms with van der Waals surface area (Å²) in [5.41, 5.74) is 0.207. The van der Waals surface area contributed by atoms with Gasteiger partial charge in [-0.15, -0.1) is 0 Å². The van der Waals surface area contributed by atoms with E-state index in [1.807, 2.05) is 0 Å². The van der Waals surface area contributed by atoms with E-state index in [4.69, 9.17) is 0 Å². The van der Waals surface area contributed by atoms with Crippen LogP contribution in [0.3, 0.4) is 0 Å². The third kappa shape index (κ3) is 4.94. The van der Waals surface area contributed by atoms with Gasteiger partial charge < -0.3 is 10.6 Å². The van der Waals surface area contributed by atoms with Gasteiger partial charge in [0.25, 0.3) is 0 Å². The van der Waals surface area contributed by atoms with Gasteiger partial charge in [-0.05, 0) is 11.8 Å². The minimum atomic E-state index is 0.156. The van der Waals surface area contributed by atoms with Crippen molar-refractivity contribution < 1.29 is 4.79 Å². The van der Waals surface area contributed by atoms with Gasteiger partial charge in [-0.25, -0.2) is 0 Å². The standard InChI is InChI=1S/C12H25N3O/c1-4-12(2,3)10-14-11(16)9-15-7-5-13-6-8-15/h13H,4-10H2,1-3H3,(H,14,16). The highest BCUT2D eigenvalue weighted by Crippen LogP contribution is 2.17. The summed E-state index contributed by atoms with van der Waals surface area (Å²) in [7, 11) is 0. The summed E-state index contributed by atoms with van der Waals surface area (Å²) >= 11 is 0. The lowest BCUT2D eigenvalue weighted by molar-refractivity contribution is -0.122. The lowest BCUT2D eigenvalue weighted by Gasteiger charge is -2.28. The molecule has 0 bridgehead atoms. The number of hydrogen-bond acceptors (Lipinski definition) is 3. The molecular weight excluding hydrogens is 202 g/mol. The Labute approximate surface area is 98.8 Å². The zero-order valence-corrected chi connectivity index (χ0v) is 10.8. The van der Waals surface area contributed by atoms with Crippen LogP contribution in [-0.2, 0) is 4.79 Å². The monoisotopic (exact) mass is 227 g/mol. The van der Waals surface area contributed by atoms with Gasteiger partial charge in [0.2, 0.25) is 5.91 Å². The van der Waals surface area contributed by atoms with Crippen LogP contribution in [0.5, 0.6) is 0 Å². The zero-order valence-electron chi connectivity index (χ0n) is 10.8. The molecular formula is C12H25N3O. The van der Waals surface area contributed by atoms with E-state index in [1.54, 1.807) is 0 Å². The van der Waals surface area contributed by atoms with Crippen molar-refractivity contribution in [1.29, 1.82) is 0 Å². The molecule has 0 saturated carbocycles. The number of carbonyl (C=O) groups excluding carboxylic acids is 1. The molecule has 16 heavy (non-hydrogen) atoms. The van der Waals surface area contributed by atoms with Crippen molar-refractivity contribution in [1.82, 2.24) is 15.5 Å². The molecule has 4 heteroatoms. The van der Waals surface area contributed by atoms with Crippen molar-refractivity contribution in [2.45, 2.75) is 27.2 Å². The van der Waals surface area contributed by atoms with Gasteiger partial charge >= 0.3 is 0 Å². The predicted octanol–water partition coefficient (Wildman–Crippen LogP) is 0.444. The molecule has 0 spiro atoms. The van der Waals surface area contributed by atoms with Crippen molar-refractivity contribution in [3.8, 4) is 0 Å². The average molecular weight is 227 g/mol. The molecule has 1 aliphatic rings. The molecule has 1 aliphatic heterocycles. The van der Waals surface area contributed by atoms with Gasteiger partial charge in [0.15, 0.2) is 0 Å². The Bertz CT molecular complexity index is 222. The van der Waals surface area contributed by atoms with Crippen LogP contribution in [0.25, 0.3) is 0 Å². The first-order valence-corrected chi connectivity index (χ1v) is 6.23. The Morgan fingerprint density at radius 2 is 2.00 bits per heavy atom. The van der Waals surface area contributed by atoms with E-state index in [0.717, 1.165) is 39.1 Å². The molecule has 94 valence electrons. The first kappa shape index (κ1) is 13.5. The maximum atomic E-state index is 11.7. The van der Waals surface area contributed by atoms with E-state index in [2.05, 4.69) is 36.3 Å². The number of carbonyl (C=O) groups is 1. The summed E-state index contributed by atoms with van der Waals surface area (Å²) in [5.74, 6) is 0.156. The van der Waals surface area contributed by atoms with E-state index < -0.39 is 0 Å². The normalized spacial score (nSPS) is 18.4. The molecule has 0 atom stereocenters. The topological polar surface area (TPSA) is 44.4 Å². The summed E-state index contributed by atoms with van der Waals surface area (Å²) in [5, 5.41) is 6.30. The number of piperazine rings is 1. The predicted molar refractivity (Wildman–Crippen MR) is 66.4 cm³/mol. The summed E-state index contributed by atoms with van der Waals surface area (Å²) in [4.78, 5) is 13.9. The SMILES string of the molecule is CCC(C)(C)CNC(=O)CN1CCNCC1. The molecule has 0 aromatic rings. The van der Waals surface area contributed by atoms with Crippen LogP contribution in [0.2, 0.25) is 0 Å². The van der Waals surface area contributed by atoms with E-state index in [-0.39, 0.29) is 11.3 Å². The molecule has 0 aromatic carbocycles. The molecule has 2 N–H and O–H groups in total. The molecule has 1 saturated heterocycles. The smallest absolute Gasteiger partial charge is 0.234 e. The second-order valence-corrected chi connectivity index (χ2v) is 5.32. The van der Waals surface area contributed by atoms with Crippen molar-refractivity contribution >= 4 is 5.91 Å². The third-order valence-electron chi connectivity index (χ3n) is 3.30. The third-order valence-corrected chi connectivity index (χ3v) is 3.30. The zero-order chi connectivity index (χ0) is 12.0. The minimum absolute atomic E-state index is 0.156. The van der Waals surface area contributed by atoms with Crippen LogP contribution in [0.15, 0.2) is 0 Å². The summed E-state index contributed by atoms with van der Waals surface area (Å²) in [6, 6.07) is 0. The van der Waals surface area contributed by atoms with Gasteiger partial charge in [-0.2, -0.15) is 0 Å². The number of nitrogens with one attached hydrogen (secondary N) is 2. The minimum Gasteiger partial charge on any atom is -0.354 e. The number of hydrogen-bond donors (Lipinski definition) is 2. The highest BCUT2D eigenvalue weighted by molar-refractivity contribution is 5.78. The van der Waals surface area contributed by atoms with Gasteiger partial charge in [-0.3, -0.25) is 9.69 Å². The molecule has 1 fully saturated rings. The Balaban J connectivity index is 2.19. The molecule has 0 unspecified atom stereocenters. The Morgan fingerprint density at radius 3 is 2.56 bits per heavy atom. The highest BCUT2D eigenvalue weighted by atomic mass is 16.2. The van der Waals surface area contributed by atoms with Crippen molar-refractivity contribution in [2.75, 3.05) is 39.3 Å². The first-order chi connectivity index (χ1) is 7.53. The van der Waals surface area contributed by atoms with Crippen LogP contribution in [0.1, 0.15) is 27.2 Å². The molecule has 0 aliphatic carbocycles. The van der Waals surface area contributed by atoms with Crippen LogP contribution in [0.4, 0.5) is 0 Å². The molecule has 1 heterocycles. The van der Waals surface area contributed by atoms with E-state index in [9.17, 15) is 4.79 Å². The second kappa shape index (κ2) is 6.21. The van der Waals surface area contributed by atoms with Crippen molar-refractivity contribution in [2.24, 2.45) is 5.41 Å². The summed E-state index contributed by atoms with van der Waals surface area (Å²) in [6.45, 7) is 11.8. The number of amides is 1. The van der Waals surface area contributed by atoms with Crippen molar-refractivity contribution in [3.05, 3.63) is 0 Å². The quantitative estimate of drug-likeness (QED) is 0.716. The lowest BCUT2D eigenvalue weighted by Crippen LogP contribution is -2.48. The fourth-order valence-corrected chi connectivity index (χ4v) is 1.59. The summed E-state index contributed by atoms with van der Waals surface area (Å²) in [6.07, 6.45) is 1.08. The second-order valence-electron chi connectivity index (χ2n) is 5.32. The van der Waals surface area contributed by atoms with Gasteiger partial charge in [0.05, 0.1) is 6.54 Å². The Morgan fingerprint density at radius 1 is 1.38 bits per heavy atom. The lowest BCUT2D eigenvalue weighted by atomic mass is 9.90. The van der Waals surface area contributed by atoms with Crippen LogP contribution < -0.4 is 10.6 Å². The first-order valence-electron chi connectivity index (χ1n) is 6.23. The Hall–Kier alpha value is -0.610. The van der Waals surface area contributed by atoms with E-state index in [0.29, 0.717) is 6.54 Å². The van der Waals surface area contributed by atoms with Gasteiger partial charge in [0, 0.05) is 32.7 Å². The van der Waals surface area contributed by atoms with Crippen LogP contribution in [-0.4, -0.2) is 50.1 Å². The number of rotatable bonds is 5. The molecule has 1 amide bonds. The average Bonchev–Trinajstić information content (AvgIpc) is 2.28. The van der Waals surface area contributed by atoms with E-state index in [1.165, 1.54) is 0 Å². The molecule has 4 nitrogen and oxygen atoms in total. The van der Waals surface area contributed by atoms with Gasteiger partial charge in [0.1, 0.15) is 0 Å². The fourth-order valence-electron chi connectivity index (χ4n) is 1.59. The van der Waals surface area contributed by atoms with Gasteiger partial charge in [-0.1, -0.05) is 20.8 Å². The molecule has 0 aromatic heterocycles. The maximum Gasteiger partial charge on any atom is 0.234 e. The van der Waals surface area contributed by atoms with Crippen LogP contribution >= 0.6 is 0 Å². The van der Waals surface area contributed by atoms with Crippen LogP contribution in [0, 0.1) is 5.41 Å². The number of nitrogens with zero attached hydrogens (tertiary/aromatic N) is 1. The molecule has 1 rings (SSSR count). The highest BCUT2D eigenvalue weighted by Gasteiger charge is 2.18. The maximum absolute atomic E-state index is 11.7. The molecule has 0 radical (unpaired) electrons. The largest absolute Gasteiger partial charge is 0.354 e.